The number of ether oxygens (including phenoxy) is 2. The largest absolute Gasteiger partial charge is 0.355 e. The lowest BCUT2D eigenvalue weighted by molar-refractivity contribution is -0.118. The molecule has 10 nitrogen and oxygen atoms in total. The van der Waals surface area contributed by atoms with Gasteiger partial charge in [0.05, 0.1) is 17.2 Å². The fraction of sp³-hybridized carbons (Fsp3) is 0.550. The monoisotopic (exact) mass is 485 g/mol. The summed E-state index contributed by atoms with van der Waals surface area (Å²) in [5.41, 5.74) is 0.575. The standard InChI is InChI=1S/C20H31N5O5S2/c1-6-7-11-21-17(26)14-31-20-23-22-19(25(20)13-18(29-4)30-5)15-9-8-10-16(12-15)32(27,28)24(2)3/h8-10,12,18H,6-7,11,13-14H2,1-5H3,(H,21,26). The van der Waals surface area contributed by atoms with Crippen molar-refractivity contribution in [2.45, 2.75) is 42.7 Å². The van der Waals surface area contributed by atoms with Crippen LogP contribution in [0.2, 0.25) is 0 Å². The van der Waals surface area contributed by atoms with Gasteiger partial charge in [0.1, 0.15) is 0 Å². The molecule has 1 aromatic carbocycles. The molecular formula is C20H31N5O5S2. The van der Waals surface area contributed by atoms with Crippen molar-refractivity contribution in [1.29, 1.82) is 0 Å². The van der Waals surface area contributed by atoms with Gasteiger partial charge in [-0.25, -0.2) is 12.7 Å². The zero-order chi connectivity index (χ0) is 23.7. The highest BCUT2D eigenvalue weighted by Gasteiger charge is 2.22. The SMILES string of the molecule is CCCCNC(=O)CSc1nnc(-c2cccc(S(=O)(=O)N(C)C)c2)n1CC(OC)OC. The second kappa shape index (κ2) is 12.3. The van der Waals surface area contributed by atoms with Crippen molar-refractivity contribution < 1.29 is 22.7 Å². The van der Waals surface area contributed by atoms with Gasteiger partial charge in [0.25, 0.3) is 0 Å². The van der Waals surface area contributed by atoms with Crippen LogP contribution in [0.5, 0.6) is 0 Å². The fourth-order valence-electron chi connectivity index (χ4n) is 2.76. The number of nitrogens with zero attached hydrogens (tertiary/aromatic N) is 4. The molecule has 0 saturated carbocycles. The molecule has 0 aliphatic carbocycles. The Morgan fingerprint density at radius 2 is 1.97 bits per heavy atom. The predicted molar refractivity (Wildman–Crippen MR) is 123 cm³/mol. The van der Waals surface area contributed by atoms with Gasteiger partial charge in [0.2, 0.25) is 15.9 Å². The van der Waals surface area contributed by atoms with E-state index in [0.29, 0.717) is 23.1 Å². The van der Waals surface area contributed by atoms with Gasteiger partial charge in [-0.3, -0.25) is 9.36 Å². The third-order valence-corrected chi connectivity index (χ3v) is 7.41. The van der Waals surface area contributed by atoms with Crippen molar-refractivity contribution >= 4 is 27.7 Å². The minimum atomic E-state index is -3.61. The molecule has 0 atom stereocenters. The summed E-state index contributed by atoms with van der Waals surface area (Å²) in [6, 6.07) is 6.50. The number of thioether (sulfide) groups is 1. The van der Waals surface area contributed by atoms with Crippen LogP contribution in [0.3, 0.4) is 0 Å². The molecule has 0 aliphatic rings. The summed E-state index contributed by atoms with van der Waals surface area (Å²) in [6.07, 6.45) is 1.35. The van der Waals surface area contributed by atoms with Crippen LogP contribution in [0.1, 0.15) is 19.8 Å². The number of unbranched alkanes of at least 4 members (excludes halogenated alkanes) is 1. The van der Waals surface area contributed by atoms with Crippen molar-refractivity contribution in [2.75, 3.05) is 40.6 Å². The maximum absolute atomic E-state index is 12.6. The molecule has 1 heterocycles. The van der Waals surface area contributed by atoms with E-state index in [1.54, 1.807) is 22.8 Å². The van der Waals surface area contributed by atoms with E-state index < -0.39 is 16.3 Å². The highest BCUT2D eigenvalue weighted by Crippen LogP contribution is 2.27. The van der Waals surface area contributed by atoms with Crippen molar-refractivity contribution in [2.24, 2.45) is 0 Å². The zero-order valence-electron chi connectivity index (χ0n) is 19.1. The Labute approximate surface area is 193 Å². The molecule has 0 fully saturated rings. The summed E-state index contributed by atoms with van der Waals surface area (Å²) in [5, 5.41) is 11.9. The maximum atomic E-state index is 12.6. The van der Waals surface area contributed by atoms with E-state index in [1.165, 1.54) is 46.1 Å². The molecule has 2 rings (SSSR count). The summed E-state index contributed by atoms with van der Waals surface area (Å²) in [5.74, 6) is 0.545. The molecule has 1 N–H and O–H groups in total. The lowest BCUT2D eigenvalue weighted by atomic mass is 10.2. The number of methoxy groups -OCH3 is 2. The summed E-state index contributed by atoms with van der Waals surface area (Å²) in [7, 11) is 2.40. The maximum Gasteiger partial charge on any atom is 0.242 e. The van der Waals surface area contributed by atoms with E-state index >= 15 is 0 Å². The van der Waals surface area contributed by atoms with Gasteiger partial charge in [-0.2, -0.15) is 0 Å². The summed E-state index contributed by atoms with van der Waals surface area (Å²) >= 11 is 1.25. The number of amides is 1. The van der Waals surface area contributed by atoms with E-state index in [1.807, 2.05) is 0 Å². The smallest absolute Gasteiger partial charge is 0.242 e. The van der Waals surface area contributed by atoms with Crippen molar-refractivity contribution in [1.82, 2.24) is 24.4 Å². The van der Waals surface area contributed by atoms with Crippen molar-refractivity contribution in [3.8, 4) is 11.4 Å². The Balaban J connectivity index is 2.36. The Morgan fingerprint density at radius 3 is 2.59 bits per heavy atom. The Kier molecular flexibility index (Phi) is 10.1. The van der Waals surface area contributed by atoms with Crippen LogP contribution < -0.4 is 5.32 Å². The van der Waals surface area contributed by atoms with Gasteiger partial charge < -0.3 is 14.8 Å². The van der Waals surface area contributed by atoms with Gasteiger partial charge >= 0.3 is 0 Å². The molecule has 0 spiro atoms. The fourth-order valence-corrected chi connectivity index (χ4v) is 4.49. The lowest BCUT2D eigenvalue weighted by Crippen LogP contribution is -2.26. The predicted octanol–water partition coefficient (Wildman–Crippen LogP) is 1.82. The average molecular weight is 486 g/mol. The summed E-state index contributed by atoms with van der Waals surface area (Å²) in [6.45, 7) is 2.96. The Hall–Kier alpha value is -1.99. The molecule has 0 radical (unpaired) electrons. The van der Waals surface area contributed by atoms with E-state index in [2.05, 4.69) is 22.4 Å². The number of aromatic nitrogens is 3. The molecule has 1 aromatic heterocycles. The molecular weight excluding hydrogens is 454 g/mol. The third kappa shape index (κ3) is 6.75. The molecule has 0 unspecified atom stereocenters. The normalized spacial score (nSPS) is 12.0. The van der Waals surface area contributed by atoms with Crippen molar-refractivity contribution in [3.05, 3.63) is 24.3 Å². The van der Waals surface area contributed by atoms with E-state index in [-0.39, 0.29) is 23.1 Å². The third-order valence-electron chi connectivity index (χ3n) is 4.63. The van der Waals surface area contributed by atoms with Gasteiger partial charge in [-0.05, 0) is 18.6 Å². The first-order valence-electron chi connectivity index (χ1n) is 10.2. The lowest BCUT2D eigenvalue weighted by Gasteiger charge is -2.17. The number of sulfonamides is 1. The first-order valence-corrected chi connectivity index (χ1v) is 12.6. The number of nitrogens with one attached hydrogen (secondary N) is 1. The van der Waals surface area contributed by atoms with Crippen LogP contribution in [0.4, 0.5) is 0 Å². The van der Waals surface area contributed by atoms with Crippen LogP contribution in [0.15, 0.2) is 34.3 Å². The number of carbonyl (C=O) groups is 1. The van der Waals surface area contributed by atoms with Crippen LogP contribution in [0, 0.1) is 0 Å². The summed E-state index contributed by atoms with van der Waals surface area (Å²) < 4.78 is 38.7. The quantitative estimate of drug-likeness (QED) is 0.260. The molecule has 0 bridgehead atoms. The van der Waals surface area contributed by atoms with Crippen LogP contribution in [0.25, 0.3) is 11.4 Å². The number of rotatable bonds is 13. The molecule has 0 aliphatic heterocycles. The van der Waals surface area contributed by atoms with Crippen LogP contribution >= 0.6 is 11.8 Å². The molecule has 32 heavy (non-hydrogen) atoms. The molecule has 0 saturated heterocycles. The Bertz CT molecular complexity index is 990. The molecule has 2 aromatic rings. The minimum absolute atomic E-state index is 0.0892. The Morgan fingerprint density at radius 1 is 1.25 bits per heavy atom. The molecule has 12 heteroatoms. The minimum Gasteiger partial charge on any atom is -0.355 e. The second-order valence-corrected chi connectivity index (χ2v) is 10.2. The van der Waals surface area contributed by atoms with E-state index in [0.717, 1.165) is 17.1 Å². The number of hydrogen-bond acceptors (Lipinski definition) is 8. The number of hydrogen-bond donors (Lipinski definition) is 1. The van der Waals surface area contributed by atoms with Crippen LogP contribution in [-0.4, -0.2) is 80.3 Å². The number of carbonyl (C=O) groups excluding carboxylic acids is 1. The highest BCUT2D eigenvalue weighted by atomic mass is 32.2. The second-order valence-electron chi connectivity index (χ2n) is 7.13. The zero-order valence-corrected chi connectivity index (χ0v) is 20.7. The van der Waals surface area contributed by atoms with Gasteiger partial charge in [0, 0.05) is 40.4 Å². The first-order chi connectivity index (χ1) is 15.2. The number of benzene rings is 1. The topological polar surface area (TPSA) is 116 Å². The van der Waals surface area contributed by atoms with E-state index in [4.69, 9.17) is 9.47 Å². The summed E-state index contributed by atoms with van der Waals surface area (Å²) in [4.78, 5) is 12.3. The van der Waals surface area contributed by atoms with Crippen molar-refractivity contribution in [3.63, 3.8) is 0 Å². The van der Waals surface area contributed by atoms with Crippen LogP contribution in [-0.2, 0) is 30.8 Å². The van der Waals surface area contributed by atoms with Gasteiger partial charge in [-0.15, -0.1) is 10.2 Å². The first kappa shape index (κ1) is 26.3. The molecule has 1 amide bonds. The average Bonchev–Trinajstić information content (AvgIpc) is 3.18. The highest BCUT2D eigenvalue weighted by molar-refractivity contribution is 7.99. The van der Waals surface area contributed by atoms with E-state index in [9.17, 15) is 13.2 Å². The van der Waals surface area contributed by atoms with Gasteiger partial charge in [0.15, 0.2) is 17.3 Å². The molecule has 178 valence electrons. The van der Waals surface area contributed by atoms with Gasteiger partial charge in [-0.1, -0.05) is 37.2 Å².